The molecule has 3 aromatic carbocycles. The number of allylic oxidation sites excluding steroid dienone is 3. The Hall–Kier alpha value is -4.17. The quantitative estimate of drug-likeness (QED) is 0.0967. The molecule has 47 heavy (non-hydrogen) atoms. The third-order valence-corrected chi connectivity index (χ3v) is 6.81. The summed E-state index contributed by atoms with van der Waals surface area (Å²) in [5.41, 5.74) is -0.607. The zero-order valence-corrected chi connectivity index (χ0v) is 24.6. The Balaban J connectivity index is 1.32. The van der Waals surface area contributed by atoms with E-state index < -0.39 is 77.0 Å². The van der Waals surface area contributed by atoms with Crippen molar-refractivity contribution in [2.75, 3.05) is 13.2 Å². The summed E-state index contributed by atoms with van der Waals surface area (Å²) < 4.78 is 148. The first-order chi connectivity index (χ1) is 22.3. The van der Waals surface area contributed by atoms with E-state index in [1.807, 2.05) is 6.08 Å². The summed E-state index contributed by atoms with van der Waals surface area (Å²) in [7, 11) is 0. The molecule has 0 saturated carbocycles. The second-order valence-corrected chi connectivity index (χ2v) is 10.5. The van der Waals surface area contributed by atoms with E-state index in [0.29, 0.717) is 43.0 Å². The molecule has 1 aliphatic rings. The highest BCUT2D eigenvalue weighted by atomic mass is 19.4. The van der Waals surface area contributed by atoms with Gasteiger partial charge in [0.1, 0.15) is 12.4 Å². The van der Waals surface area contributed by atoms with Gasteiger partial charge in [-0.1, -0.05) is 30.4 Å². The van der Waals surface area contributed by atoms with Crippen molar-refractivity contribution < 1.29 is 63.2 Å². The lowest BCUT2D eigenvalue weighted by Crippen LogP contribution is -2.27. The van der Waals surface area contributed by atoms with Crippen LogP contribution in [0, 0.1) is 29.2 Å². The number of hydrogen-bond acceptors (Lipinski definition) is 5. The molecule has 0 bridgehead atoms. The largest absolute Gasteiger partial charge is 0.573 e. The maximum absolute atomic E-state index is 14.9. The maximum atomic E-state index is 14.9. The second kappa shape index (κ2) is 15.6. The van der Waals surface area contributed by atoms with E-state index in [1.54, 1.807) is 0 Å². The molecule has 0 spiro atoms. The van der Waals surface area contributed by atoms with Gasteiger partial charge in [0.15, 0.2) is 35.3 Å². The summed E-state index contributed by atoms with van der Waals surface area (Å²) in [6.07, 6.45) is -0.534. The molecule has 0 atom stereocenters. The zero-order chi connectivity index (χ0) is 34.2. The normalized spacial score (nSPS) is 17.1. The summed E-state index contributed by atoms with van der Waals surface area (Å²) in [6, 6.07) is 6.42. The molecule has 0 amide bonds. The standard InChI is InChI=1S/C33H29F9O5/c1-2-3-4-5-6-7-8-20-17-44-31(45-18-20)22-9-11-23(12-10-22)32(38,39)46-24-15-27(36)29(28(37)16-24)43-19-21-13-25(34)30(26(35)14-21)47-33(40,41)42/h2,5-6,9-16,20,31H,1,3-4,7-8,17-19H2/b6-5+. The molecular formula is C33H29F9O5. The summed E-state index contributed by atoms with van der Waals surface area (Å²) in [5.74, 6) is -10.1. The van der Waals surface area contributed by atoms with Crippen LogP contribution in [0.1, 0.15) is 48.7 Å². The van der Waals surface area contributed by atoms with Crippen molar-refractivity contribution in [3.8, 4) is 17.2 Å². The first kappa shape index (κ1) is 35.7. The molecule has 0 aliphatic carbocycles. The molecule has 254 valence electrons. The summed E-state index contributed by atoms with van der Waals surface area (Å²) in [6.45, 7) is 3.63. The number of rotatable bonds is 14. The molecule has 0 N–H and O–H groups in total. The second-order valence-electron chi connectivity index (χ2n) is 10.5. The third-order valence-electron chi connectivity index (χ3n) is 6.81. The van der Waals surface area contributed by atoms with Crippen molar-refractivity contribution in [2.45, 2.75) is 51.1 Å². The molecule has 0 aromatic heterocycles. The van der Waals surface area contributed by atoms with Crippen molar-refractivity contribution in [3.63, 3.8) is 0 Å². The van der Waals surface area contributed by atoms with E-state index in [9.17, 15) is 39.5 Å². The number of alkyl halides is 5. The highest BCUT2D eigenvalue weighted by molar-refractivity contribution is 5.37. The molecule has 1 fully saturated rings. The van der Waals surface area contributed by atoms with Crippen LogP contribution in [-0.2, 0) is 22.2 Å². The van der Waals surface area contributed by atoms with Crippen molar-refractivity contribution in [1.82, 2.24) is 0 Å². The Morgan fingerprint density at radius 1 is 0.745 bits per heavy atom. The maximum Gasteiger partial charge on any atom is 0.573 e. The number of unbranched alkanes of at least 4 members (excludes halogenated alkanes) is 1. The van der Waals surface area contributed by atoms with Crippen LogP contribution in [0.5, 0.6) is 17.2 Å². The van der Waals surface area contributed by atoms with Crippen LogP contribution in [-0.4, -0.2) is 19.6 Å². The van der Waals surface area contributed by atoms with E-state index in [1.165, 1.54) is 12.1 Å². The summed E-state index contributed by atoms with van der Waals surface area (Å²) in [5, 5.41) is 0. The number of halogens is 9. The molecule has 14 heteroatoms. The number of benzene rings is 3. The van der Waals surface area contributed by atoms with Crippen LogP contribution < -0.4 is 14.2 Å². The molecule has 1 saturated heterocycles. The van der Waals surface area contributed by atoms with Gasteiger partial charge in [-0.3, -0.25) is 0 Å². The highest BCUT2D eigenvalue weighted by Crippen LogP contribution is 2.37. The van der Waals surface area contributed by atoms with Gasteiger partial charge >= 0.3 is 12.5 Å². The van der Waals surface area contributed by atoms with Gasteiger partial charge in [-0.05, 0) is 55.5 Å². The predicted molar refractivity (Wildman–Crippen MR) is 151 cm³/mol. The SMILES string of the molecule is C=CCC/C=C/CCC1COC(c2ccc(C(F)(F)Oc3cc(F)c(OCc4cc(F)c(OC(F)(F)F)c(F)c4)c(F)c3)cc2)OC1. The van der Waals surface area contributed by atoms with Gasteiger partial charge in [0.2, 0.25) is 5.75 Å². The molecule has 0 radical (unpaired) electrons. The summed E-state index contributed by atoms with van der Waals surface area (Å²) >= 11 is 0. The Morgan fingerprint density at radius 2 is 1.32 bits per heavy atom. The van der Waals surface area contributed by atoms with Gasteiger partial charge in [0.05, 0.1) is 18.8 Å². The van der Waals surface area contributed by atoms with Crippen molar-refractivity contribution in [3.05, 3.63) is 113 Å². The number of hydrogen-bond donors (Lipinski definition) is 0. The van der Waals surface area contributed by atoms with Crippen LogP contribution in [0.2, 0.25) is 0 Å². The lowest BCUT2D eigenvalue weighted by Gasteiger charge is -2.29. The van der Waals surface area contributed by atoms with Crippen molar-refractivity contribution in [1.29, 1.82) is 0 Å². The minimum Gasteiger partial charge on any atom is -0.483 e. The fourth-order valence-corrected chi connectivity index (χ4v) is 4.52. The molecule has 1 heterocycles. The van der Waals surface area contributed by atoms with Gasteiger partial charge in [0.25, 0.3) is 0 Å². The van der Waals surface area contributed by atoms with Crippen LogP contribution in [0.4, 0.5) is 39.5 Å². The predicted octanol–water partition coefficient (Wildman–Crippen LogP) is 9.81. The smallest absolute Gasteiger partial charge is 0.483 e. The molecule has 0 unspecified atom stereocenters. The highest BCUT2D eigenvalue weighted by Gasteiger charge is 2.36. The molecule has 3 aromatic rings. The fourth-order valence-electron chi connectivity index (χ4n) is 4.52. The van der Waals surface area contributed by atoms with E-state index in [2.05, 4.69) is 28.2 Å². The third kappa shape index (κ3) is 10.2. The van der Waals surface area contributed by atoms with Crippen LogP contribution in [0.3, 0.4) is 0 Å². The van der Waals surface area contributed by atoms with Crippen LogP contribution >= 0.6 is 0 Å². The van der Waals surface area contributed by atoms with E-state index in [4.69, 9.17) is 14.2 Å². The number of ether oxygens (including phenoxy) is 5. The van der Waals surface area contributed by atoms with Gasteiger partial charge in [0, 0.05) is 23.6 Å². The van der Waals surface area contributed by atoms with E-state index >= 15 is 0 Å². The monoisotopic (exact) mass is 676 g/mol. The minimum atomic E-state index is -5.37. The molecule has 1 aliphatic heterocycles. The summed E-state index contributed by atoms with van der Waals surface area (Å²) in [4.78, 5) is 0. The fraction of sp³-hybridized carbons (Fsp3) is 0.333. The Bertz CT molecular complexity index is 1490. The topological polar surface area (TPSA) is 46.2 Å². The Kier molecular flexibility index (Phi) is 11.9. The first-order valence-electron chi connectivity index (χ1n) is 14.3. The Morgan fingerprint density at radius 3 is 1.89 bits per heavy atom. The van der Waals surface area contributed by atoms with Crippen molar-refractivity contribution >= 4 is 0 Å². The van der Waals surface area contributed by atoms with Gasteiger partial charge < -0.3 is 23.7 Å². The van der Waals surface area contributed by atoms with E-state index in [0.717, 1.165) is 37.8 Å². The molecular weight excluding hydrogens is 647 g/mol. The lowest BCUT2D eigenvalue weighted by molar-refractivity contribution is -0.276. The van der Waals surface area contributed by atoms with Crippen LogP contribution in [0.25, 0.3) is 0 Å². The Labute approximate surface area is 264 Å². The van der Waals surface area contributed by atoms with E-state index in [-0.39, 0.29) is 5.92 Å². The van der Waals surface area contributed by atoms with Crippen LogP contribution in [0.15, 0.2) is 73.3 Å². The lowest BCUT2D eigenvalue weighted by atomic mass is 10.0. The van der Waals surface area contributed by atoms with Gasteiger partial charge in [-0.2, -0.15) is 8.78 Å². The first-order valence-corrected chi connectivity index (χ1v) is 14.3. The molecule has 5 nitrogen and oxygen atoms in total. The van der Waals surface area contributed by atoms with Crippen molar-refractivity contribution in [2.24, 2.45) is 5.92 Å². The zero-order valence-electron chi connectivity index (χ0n) is 24.6. The average Bonchev–Trinajstić information content (AvgIpc) is 3.00. The molecule has 4 rings (SSSR count). The minimum absolute atomic E-state index is 0.184. The van der Waals surface area contributed by atoms with Gasteiger partial charge in [-0.15, -0.1) is 19.8 Å². The van der Waals surface area contributed by atoms with Gasteiger partial charge in [-0.25, -0.2) is 17.6 Å². The average molecular weight is 677 g/mol.